The van der Waals surface area contributed by atoms with Crippen molar-refractivity contribution < 1.29 is 19.0 Å². The van der Waals surface area contributed by atoms with Gasteiger partial charge in [0.2, 0.25) is 0 Å². The molecule has 1 unspecified atom stereocenters. The summed E-state index contributed by atoms with van der Waals surface area (Å²) in [5.41, 5.74) is -0.164. The molecule has 0 amide bonds. The molecule has 0 aliphatic carbocycles. The van der Waals surface area contributed by atoms with Crippen LogP contribution in [0.15, 0.2) is 18.2 Å². The van der Waals surface area contributed by atoms with E-state index < -0.39 is 17.3 Å². The molecule has 4 nitrogen and oxygen atoms in total. The van der Waals surface area contributed by atoms with Crippen LogP contribution >= 0.6 is 0 Å². The quantitative estimate of drug-likeness (QED) is 0.770. The minimum Gasteiger partial charge on any atom is -0.490 e. The van der Waals surface area contributed by atoms with Gasteiger partial charge in [-0.3, -0.25) is 4.79 Å². The molecule has 112 valence electrons. The summed E-state index contributed by atoms with van der Waals surface area (Å²) in [4.78, 5) is 11.3. The van der Waals surface area contributed by atoms with Crippen molar-refractivity contribution in [2.75, 3.05) is 13.2 Å². The van der Waals surface area contributed by atoms with E-state index in [0.717, 1.165) is 12.0 Å². The van der Waals surface area contributed by atoms with Crippen molar-refractivity contribution in [3.63, 3.8) is 0 Å². The van der Waals surface area contributed by atoms with Gasteiger partial charge in [-0.25, -0.2) is 4.39 Å². The summed E-state index contributed by atoms with van der Waals surface area (Å²) in [7, 11) is 0. The number of halogens is 1. The minimum atomic E-state index is -1.06. The van der Waals surface area contributed by atoms with Crippen molar-refractivity contribution in [2.24, 2.45) is 0 Å². The lowest BCUT2D eigenvalue weighted by molar-refractivity contribution is -0.144. The van der Waals surface area contributed by atoms with E-state index in [4.69, 9.17) is 4.74 Å². The van der Waals surface area contributed by atoms with Gasteiger partial charge >= 0.3 is 5.97 Å². The third-order valence-electron chi connectivity index (χ3n) is 3.18. The Morgan fingerprint density at radius 2 is 2.20 bits per heavy atom. The van der Waals surface area contributed by atoms with Crippen LogP contribution in [0.4, 0.5) is 4.39 Å². The molecule has 1 aromatic carbocycles. The van der Waals surface area contributed by atoms with Gasteiger partial charge in [-0.15, -0.1) is 0 Å². The SMILES string of the molecule is CCCNC(C)(CCOc1cc(C)ccc1F)C(=O)O. The Labute approximate surface area is 119 Å². The summed E-state index contributed by atoms with van der Waals surface area (Å²) in [5.74, 6) is -1.21. The van der Waals surface area contributed by atoms with E-state index in [1.54, 1.807) is 19.1 Å². The molecule has 0 radical (unpaired) electrons. The number of carbonyl (C=O) groups is 1. The van der Waals surface area contributed by atoms with E-state index in [1.165, 1.54) is 6.07 Å². The molecule has 0 saturated carbocycles. The standard InChI is InChI=1S/C15H22FNO3/c1-4-8-17-15(3,14(18)19)7-9-20-13-10-11(2)5-6-12(13)16/h5-6,10,17H,4,7-9H2,1-3H3,(H,18,19). The van der Waals surface area contributed by atoms with Crippen LogP contribution in [0.25, 0.3) is 0 Å². The third-order valence-corrected chi connectivity index (χ3v) is 3.18. The number of ether oxygens (including phenoxy) is 1. The summed E-state index contributed by atoms with van der Waals surface area (Å²) in [6.07, 6.45) is 1.10. The van der Waals surface area contributed by atoms with Gasteiger partial charge in [0.05, 0.1) is 6.61 Å². The number of aryl methyl sites for hydroxylation is 1. The van der Waals surface area contributed by atoms with Crippen molar-refractivity contribution in [2.45, 2.75) is 39.2 Å². The average molecular weight is 283 g/mol. The number of hydrogen-bond donors (Lipinski definition) is 2. The van der Waals surface area contributed by atoms with Crippen molar-refractivity contribution in [3.05, 3.63) is 29.6 Å². The first kappa shape index (κ1) is 16.4. The van der Waals surface area contributed by atoms with E-state index in [-0.39, 0.29) is 18.8 Å². The van der Waals surface area contributed by atoms with Crippen LogP contribution in [0, 0.1) is 12.7 Å². The number of rotatable bonds is 8. The third kappa shape index (κ3) is 4.49. The highest BCUT2D eigenvalue weighted by Crippen LogP contribution is 2.19. The molecule has 1 atom stereocenters. The van der Waals surface area contributed by atoms with Crippen molar-refractivity contribution in [3.8, 4) is 5.75 Å². The minimum absolute atomic E-state index is 0.139. The van der Waals surface area contributed by atoms with E-state index in [1.807, 2.05) is 13.8 Å². The van der Waals surface area contributed by atoms with Gasteiger partial charge in [0.25, 0.3) is 0 Å². The second-order valence-corrected chi connectivity index (χ2v) is 5.10. The van der Waals surface area contributed by atoms with Crippen LogP contribution in [-0.4, -0.2) is 29.8 Å². The molecule has 0 fully saturated rings. The van der Waals surface area contributed by atoms with Crippen molar-refractivity contribution >= 4 is 5.97 Å². The Morgan fingerprint density at radius 1 is 1.50 bits per heavy atom. The highest BCUT2D eigenvalue weighted by atomic mass is 19.1. The number of carboxylic acids is 1. The topological polar surface area (TPSA) is 58.6 Å². The fourth-order valence-corrected chi connectivity index (χ4v) is 1.76. The summed E-state index contributed by atoms with van der Waals surface area (Å²) in [6.45, 7) is 6.17. The molecule has 1 aromatic rings. The van der Waals surface area contributed by atoms with Gasteiger partial charge in [-0.2, -0.15) is 0 Å². The highest BCUT2D eigenvalue weighted by Gasteiger charge is 2.32. The molecule has 2 N–H and O–H groups in total. The van der Waals surface area contributed by atoms with Crippen LogP contribution in [0.1, 0.15) is 32.3 Å². The molecule has 0 aliphatic heterocycles. The van der Waals surface area contributed by atoms with Crippen molar-refractivity contribution in [1.29, 1.82) is 0 Å². The second-order valence-electron chi connectivity index (χ2n) is 5.10. The molecule has 5 heteroatoms. The largest absolute Gasteiger partial charge is 0.490 e. The lowest BCUT2D eigenvalue weighted by Gasteiger charge is -2.26. The molecular formula is C15H22FNO3. The molecule has 0 spiro atoms. The summed E-state index contributed by atoms with van der Waals surface area (Å²) in [5, 5.41) is 12.2. The van der Waals surface area contributed by atoms with Gasteiger partial charge in [-0.05, 0) is 44.5 Å². The monoisotopic (exact) mass is 283 g/mol. The van der Waals surface area contributed by atoms with Crippen LogP contribution in [0.5, 0.6) is 5.75 Å². The maximum atomic E-state index is 13.5. The number of aliphatic carboxylic acids is 1. The van der Waals surface area contributed by atoms with Crippen LogP contribution in [0.3, 0.4) is 0 Å². The normalized spacial score (nSPS) is 13.8. The van der Waals surface area contributed by atoms with Gasteiger partial charge in [0, 0.05) is 6.42 Å². The molecule has 0 bridgehead atoms. The van der Waals surface area contributed by atoms with E-state index >= 15 is 0 Å². The summed E-state index contributed by atoms with van der Waals surface area (Å²) in [6, 6.07) is 4.61. The van der Waals surface area contributed by atoms with E-state index in [9.17, 15) is 14.3 Å². The molecule has 0 heterocycles. The van der Waals surface area contributed by atoms with E-state index in [2.05, 4.69) is 5.32 Å². The van der Waals surface area contributed by atoms with Gasteiger partial charge in [0.1, 0.15) is 5.54 Å². The molecule has 1 rings (SSSR count). The predicted octanol–water partition coefficient (Wildman–Crippen LogP) is 2.75. The Hall–Kier alpha value is -1.62. The van der Waals surface area contributed by atoms with Crippen LogP contribution in [-0.2, 0) is 4.79 Å². The first-order valence-corrected chi connectivity index (χ1v) is 6.76. The zero-order valence-electron chi connectivity index (χ0n) is 12.2. The molecule has 0 aromatic heterocycles. The number of benzene rings is 1. The molecule has 0 aliphatic rings. The highest BCUT2D eigenvalue weighted by molar-refractivity contribution is 5.78. The van der Waals surface area contributed by atoms with E-state index in [0.29, 0.717) is 6.54 Å². The fraction of sp³-hybridized carbons (Fsp3) is 0.533. The molecule has 0 saturated heterocycles. The smallest absolute Gasteiger partial charge is 0.323 e. The lowest BCUT2D eigenvalue weighted by atomic mass is 9.98. The van der Waals surface area contributed by atoms with Crippen LogP contribution in [0.2, 0.25) is 0 Å². The second kappa shape index (κ2) is 7.24. The number of carboxylic acid groups (broad SMARTS) is 1. The zero-order valence-corrected chi connectivity index (χ0v) is 12.2. The number of hydrogen-bond acceptors (Lipinski definition) is 3. The lowest BCUT2D eigenvalue weighted by Crippen LogP contribution is -2.50. The maximum absolute atomic E-state index is 13.5. The Balaban J connectivity index is 2.60. The Kier molecular flexibility index (Phi) is 5.95. The zero-order chi connectivity index (χ0) is 15.2. The van der Waals surface area contributed by atoms with Gasteiger partial charge < -0.3 is 15.2 Å². The predicted molar refractivity (Wildman–Crippen MR) is 75.6 cm³/mol. The first-order valence-electron chi connectivity index (χ1n) is 6.76. The first-order chi connectivity index (χ1) is 9.39. The summed E-state index contributed by atoms with van der Waals surface area (Å²) >= 11 is 0. The fourth-order valence-electron chi connectivity index (χ4n) is 1.76. The summed E-state index contributed by atoms with van der Waals surface area (Å²) < 4.78 is 18.9. The van der Waals surface area contributed by atoms with Crippen LogP contribution < -0.4 is 10.1 Å². The Bertz CT molecular complexity index is 464. The molecule has 20 heavy (non-hydrogen) atoms. The van der Waals surface area contributed by atoms with Gasteiger partial charge in [-0.1, -0.05) is 13.0 Å². The van der Waals surface area contributed by atoms with Crippen molar-refractivity contribution in [1.82, 2.24) is 5.32 Å². The number of nitrogens with one attached hydrogen (secondary N) is 1. The van der Waals surface area contributed by atoms with Gasteiger partial charge in [0.15, 0.2) is 11.6 Å². The molecular weight excluding hydrogens is 261 g/mol. The Morgan fingerprint density at radius 3 is 2.80 bits per heavy atom. The average Bonchev–Trinajstić information content (AvgIpc) is 2.40. The maximum Gasteiger partial charge on any atom is 0.323 e.